The van der Waals surface area contributed by atoms with Crippen molar-refractivity contribution in [1.29, 1.82) is 0 Å². The largest absolute Gasteiger partial charge is 0.465 e. The van der Waals surface area contributed by atoms with Crippen molar-refractivity contribution in [2.75, 3.05) is 52.6 Å². The Balaban J connectivity index is 5.37. The van der Waals surface area contributed by atoms with Crippen LogP contribution in [0, 0.1) is 0 Å². The Hall–Kier alpha value is -2.20. The Morgan fingerprint density at radius 2 is 0.900 bits per heavy atom. The van der Waals surface area contributed by atoms with Gasteiger partial charge in [-0.2, -0.15) is 0 Å². The maximum atomic E-state index is 12.2. The quantitative estimate of drug-likeness (QED) is 0.270. The second-order valence-electron chi connectivity index (χ2n) is 6.41. The van der Waals surface area contributed by atoms with Gasteiger partial charge in [-0.05, 0) is 41.5 Å². The maximum Gasteiger partial charge on any atom is 0.323 e. The molecule has 0 rings (SSSR count). The minimum absolute atomic E-state index is 0.130. The zero-order valence-electron chi connectivity index (χ0n) is 19.0. The molecule has 0 heterocycles. The van der Waals surface area contributed by atoms with E-state index in [0.29, 0.717) is 0 Å². The third kappa shape index (κ3) is 10.5. The van der Waals surface area contributed by atoms with Crippen LogP contribution < -0.4 is 0 Å². The summed E-state index contributed by atoms with van der Waals surface area (Å²) >= 11 is 0. The summed E-state index contributed by atoms with van der Waals surface area (Å²) in [5.74, 6) is -1.91. The van der Waals surface area contributed by atoms with Crippen LogP contribution in [-0.2, 0) is 38.1 Å². The van der Waals surface area contributed by atoms with Crippen LogP contribution in [0.5, 0.6) is 0 Å². The SMILES string of the molecule is CCOC(=O)CN(CCN(CC(=O)OCC)[C@@H](C)C(=O)OCC)[C@H](C)C(=O)OCC. The summed E-state index contributed by atoms with van der Waals surface area (Å²) in [6.45, 7) is 11.1. The molecule has 0 aliphatic heterocycles. The maximum absolute atomic E-state index is 12.2. The molecule has 0 aromatic carbocycles. The van der Waals surface area contributed by atoms with Crippen LogP contribution in [0.25, 0.3) is 0 Å². The van der Waals surface area contributed by atoms with E-state index in [1.165, 1.54) is 0 Å². The van der Waals surface area contributed by atoms with E-state index in [9.17, 15) is 19.2 Å². The molecule has 0 aliphatic rings. The van der Waals surface area contributed by atoms with Crippen molar-refractivity contribution >= 4 is 23.9 Å². The van der Waals surface area contributed by atoms with Gasteiger partial charge in [-0.1, -0.05) is 0 Å². The van der Waals surface area contributed by atoms with Crippen molar-refractivity contribution in [2.45, 2.75) is 53.6 Å². The molecule has 0 unspecified atom stereocenters. The molecule has 0 N–H and O–H groups in total. The minimum Gasteiger partial charge on any atom is -0.465 e. The van der Waals surface area contributed by atoms with Gasteiger partial charge < -0.3 is 18.9 Å². The Labute approximate surface area is 178 Å². The van der Waals surface area contributed by atoms with Gasteiger partial charge in [-0.3, -0.25) is 29.0 Å². The molecule has 0 aromatic rings. The summed E-state index contributed by atoms with van der Waals surface area (Å²) in [5.41, 5.74) is 0. The molecule has 2 atom stereocenters. The van der Waals surface area contributed by atoms with Gasteiger partial charge in [0, 0.05) is 13.1 Å². The number of hydrogen-bond donors (Lipinski definition) is 0. The van der Waals surface area contributed by atoms with E-state index in [2.05, 4.69) is 0 Å². The molecule has 0 saturated heterocycles. The summed E-state index contributed by atoms with van der Waals surface area (Å²) < 4.78 is 20.1. The predicted octanol–water partition coefficient (Wildman–Crippen LogP) is 0.620. The Morgan fingerprint density at radius 3 is 1.17 bits per heavy atom. The highest BCUT2D eigenvalue weighted by molar-refractivity contribution is 5.78. The molecule has 30 heavy (non-hydrogen) atoms. The highest BCUT2D eigenvalue weighted by Gasteiger charge is 2.29. The number of hydrogen-bond acceptors (Lipinski definition) is 10. The normalized spacial score (nSPS) is 12.9. The lowest BCUT2D eigenvalue weighted by Gasteiger charge is -2.31. The van der Waals surface area contributed by atoms with Gasteiger partial charge in [0.1, 0.15) is 12.1 Å². The molecule has 0 spiro atoms. The number of esters is 4. The van der Waals surface area contributed by atoms with Crippen molar-refractivity contribution in [3.05, 3.63) is 0 Å². The molecule has 0 saturated carbocycles. The lowest BCUT2D eigenvalue weighted by molar-refractivity contribution is -0.156. The predicted molar refractivity (Wildman–Crippen MR) is 109 cm³/mol. The highest BCUT2D eigenvalue weighted by Crippen LogP contribution is 2.07. The second kappa shape index (κ2) is 15.6. The molecule has 0 aliphatic carbocycles. The molecule has 0 fully saturated rings. The minimum atomic E-state index is -0.711. The Morgan fingerprint density at radius 1 is 0.600 bits per heavy atom. The molecule has 0 amide bonds. The average Bonchev–Trinajstić information content (AvgIpc) is 2.69. The van der Waals surface area contributed by atoms with Crippen molar-refractivity contribution in [3.8, 4) is 0 Å². The molecule has 10 nitrogen and oxygen atoms in total. The van der Waals surface area contributed by atoms with E-state index in [0.717, 1.165) is 0 Å². The van der Waals surface area contributed by atoms with E-state index in [-0.39, 0.29) is 52.6 Å². The van der Waals surface area contributed by atoms with Gasteiger partial charge in [-0.15, -0.1) is 0 Å². The Bertz CT molecular complexity index is 507. The lowest BCUT2D eigenvalue weighted by atomic mass is 10.2. The van der Waals surface area contributed by atoms with Crippen LogP contribution in [0.4, 0.5) is 0 Å². The average molecular weight is 433 g/mol. The van der Waals surface area contributed by atoms with Crippen LogP contribution in [-0.4, -0.2) is 98.4 Å². The van der Waals surface area contributed by atoms with Crippen molar-refractivity contribution in [2.24, 2.45) is 0 Å². The van der Waals surface area contributed by atoms with E-state index in [4.69, 9.17) is 18.9 Å². The lowest BCUT2D eigenvalue weighted by Crippen LogP contribution is -2.50. The summed E-state index contributed by atoms with van der Waals surface area (Å²) in [6, 6.07) is -1.42. The van der Waals surface area contributed by atoms with Crippen LogP contribution in [0.15, 0.2) is 0 Å². The molecular formula is C20H36N2O8. The fraction of sp³-hybridized carbons (Fsp3) is 0.800. The smallest absolute Gasteiger partial charge is 0.323 e. The topological polar surface area (TPSA) is 112 Å². The summed E-state index contributed by atoms with van der Waals surface area (Å²) in [4.78, 5) is 51.5. The second-order valence-corrected chi connectivity index (χ2v) is 6.41. The summed E-state index contributed by atoms with van der Waals surface area (Å²) in [6.07, 6.45) is 0. The zero-order chi connectivity index (χ0) is 23.1. The van der Waals surface area contributed by atoms with Crippen LogP contribution in [0.3, 0.4) is 0 Å². The number of carbonyl (C=O) groups is 4. The molecule has 0 aromatic heterocycles. The summed E-state index contributed by atoms with van der Waals surface area (Å²) in [7, 11) is 0. The third-order valence-corrected chi connectivity index (χ3v) is 4.30. The number of ether oxygens (including phenoxy) is 4. The van der Waals surface area contributed by atoms with E-state index in [1.807, 2.05) is 0 Å². The summed E-state index contributed by atoms with van der Waals surface area (Å²) in [5, 5.41) is 0. The molecular weight excluding hydrogens is 396 g/mol. The van der Waals surface area contributed by atoms with Gasteiger partial charge in [-0.25, -0.2) is 0 Å². The first-order valence-electron chi connectivity index (χ1n) is 10.3. The zero-order valence-corrected chi connectivity index (χ0v) is 19.0. The molecule has 10 heteroatoms. The van der Waals surface area contributed by atoms with Crippen LogP contribution in [0.1, 0.15) is 41.5 Å². The van der Waals surface area contributed by atoms with Gasteiger partial charge in [0.25, 0.3) is 0 Å². The fourth-order valence-corrected chi connectivity index (χ4v) is 2.64. The third-order valence-electron chi connectivity index (χ3n) is 4.30. The number of nitrogens with zero attached hydrogens (tertiary/aromatic N) is 2. The van der Waals surface area contributed by atoms with E-state index >= 15 is 0 Å². The van der Waals surface area contributed by atoms with Gasteiger partial charge in [0.15, 0.2) is 0 Å². The van der Waals surface area contributed by atoms with Gasteiger partial charge in [0.2, 0.25) is 0 Å². The van der Waals surface area contributed by atoms with Gasteiger partial charge in [0.05, 0.1) is 39.5 Å². The van der Waals surface area contributed by atoms with Crippen molar-refractivity contribution < 1.29 is 38.1 Å². The van der Waals surface area contributed by atoms with Crippen LogP contribution in [0.2, 0.25) is 0 Å². The fourth-order valence-electron chi connectivity index (χ4n) is 2.64. The number of carbonyl (C=O) groups excluding carboxylic acids is 4. The van der Waals surface area contributed by atoms with Gasteiger partial charge >= 0.3 is 23.9 Å². The van der Waals surface area contributed by atoms with Crippen LogP contribution >= 0.6 is 0 Å². The standard InChI is InChI=1S/C20H36N2O8/c1-7-27-17(23)13-21(15(5)19(25)29-9-3)11-12-22(14-18(24)28-8-2)16(6)20(26)30-10-4/h15-16H,7-14H2,1-6H3/t15-,16+. The highest BCUT2D eigenvalue weighted by atomic mass is 16.5. The molecule has 0 bridgehead atoms. The first kappa shape index (κ1) is 27.8. The first-order valence-corrected chi connectivity index (χ1v) is 10.3. The van der Waals surface area contributed by atoms with Crippen molar-refractivity contribution in [1.82, 2.24) is 9.80 Å². The monoisotopic (exact) mass is 432 g/mol. The van der Waals surface area contributed by atoms with E-state index in [1.54, 1.807) is 51.3 Å². The Kier molecular flexibility index (Phi) is 14.5. The van der Waals surface area contributed by atoms with Crippen molar-refractivity contribution in [3.63, 3.8) is 0 Å². The molecule has 0 radical (unpaired) electrons. The molecule has 174 valence electrons. The first-order chi connectivity index (χ1) is 14.2. The van der Waals surface area contributed by atoms with E-state index < -0.39 is 36.0 Å². The number of rotatable bonds is 15.